The highest BCUT2D eigenvalue weighted by Crippen LogP contribution is 2.21. The number of aromatic nitrogens is 2. The normalized spacial score (nSPS) is 14.4. The molecule has 1 aliphatic heterocycles. The van der Waals surface area contributed by atoms with Crippen LogP contribution in [0.25, 0.3) is 11.0 Å². The minimum atomic E-state index is -0.00879. The van der Waals surface area contributed by atoms with Gasteiger partial charge in [-0.1, -0.05) is 55.3 Å². The lowest BCUT2D eigenvalue weighted by atomic mass is 9.99. The highest BCUT2D eigenvalue weighted by Gasteiger charge is 2.22. The monoisotopic (exact) mass is 494 g/mol. The molecule has 1 aromatic heterocycles. The predicted octanol–water partition coefficient (Wildman–Crippen LogP) is 5.02. The summed E-state index contributed by atoms with van der Waals surface area (Å²) in [6.45, 7) is 4.95. The number of unbranched alkanes of at least 4 members (excludes halogenated alkanes) is 2. The molecule has 2 aromatic carbocycles. The Hall–Kier alpha value is -2.86. The summed E-state index contributed by atoms with van der Waals surface area (Å²) in [5, 5.41) is 3.61. The molecule has 7 heteroatoms. The summed E-state index contributed by atoms with van der Waals surface area (Å²) in [7, 11) is 0. The Kier molecular flexibility index (Phi) is 8.80. The molecule has 0 radical (unpaired) electrons. The molecule has 35 heavy (non-hydrogen) atoms. The molecule has 0 bridgehead atoms. The third-order valence-corrected chi connectivity index (χ3v) is 7.24. The van der Waals surface area contributed by atoms with E-state index in [1.165, 1.54) is 0 Å². The van der Waals surface area contributed by atoms with Crippen molar-refractivity contribution in [3.05, 3.63) is 64.9 Å². The molecule has 186 valence electrons. The number of fused-ring (bicyclic) bond motifs is 1. The number of para-hydroxylation sites is 2. The van der Waals surface area contributed by atoms with Crippen LogP contribution < -0.4 is 5.32 Å². The van der Waals surface area contributed by atoms with Gasteiger partial charge in [0, 0.05) is 31.1 Å². The van der Waals surface area contributed by atoms with Crippen LogP contribution in [0.15, 0.2) is 48.5 Å². The van der Waals surface area contributed by atoms with Crippen molar-refractivity contribution in [1.82, 2.24) is 19.8 Å². The second-order valence-corrected chi connectivity index (χ2v) is 10.0. The molecule has 3 aromatic rings. The maximum absolute atomic E-state index is 13.0. The number of likely N-dealkylation sites (tertiary alicyclic amines) is 1. The van der Waals surface area contributed by atoms with Crippen LogP contribution in [0.4, 0.5) is 0 Å². The first-order chi connectivity index (χ1) is 17.0. The number of carbonyl (C=O) groups excluding carboxylic acids is 2. The van der Waals surface area contributed by atoms with Crippen LogP contribution in [0.3, 0.4) is 0 Å². The Bertz CT molecular complexity index is 1150. The van der Waals surface area contributed by atoms with Crippen LogP contribution in [0.1, 0.15) is 50.4 Å². The Balaban J connectivity index is 1.26. The van der Waals surface area contributed by atoms with E-state index < -0.39 is 0 Å². The van der Waals surface area contributed by atoms with E-state index in [2.05, 4.69) is 16.8 Å². The third kappa shape index (κ3) is 6.85. The standard InChI is InChI=1S/C28H35ClN4O2/c1-21-14-17-32(18-15-21)28(35)20-33-25-12-7-6-11-24(25)31-26(33)13-3-2-8-16-30-27(34)19-22-9-4-5-10-23(22)29/h4-7,9-12,21H,2-3,8,13-20H2,1H3,(H,30,34). The Morgan fingerprint density at radius 3 is 2.57 bits per heavy atom. The van der Waals surface area contributed by atoms with E-state index in [1.807, 2.05) is 47.4 Å². The predicted molar refractivity (Wildman–Crippen MR) is 140 cm³/mol. The largest absolute Gasteiger partial charge is 0.356 e. The van der Waals surface area contributed by atoms with E-state index in [9.17, 15) is 9.59 Å². The van der Waals surface area contributed by atoms with Gasteiger partial charge in [-0.05, 0) is 55.4 Å². The van der Waals surface area contributed by atoms with Crippen molar-refractivity contribution in [2.75, 3.05) is 19.6 Å². The first-order valence-corrected chi connectivity index (χ1v) is 13.1. The van der Waals surface area contributed by atoms with Crippen LogP contribution >= 0.6 is 11.6 Å². The molecular weight excluding hydrogens is 460 g/mol. The van der Waals surface area contributed by atoms with E-state index >= 15 is 0 Å². The lowest BCUT2D eigenvalue weighted by Crippen LogP contribution is -2.39. The molecule has 1 aliphatic rings. The number of hydrogen-bond donors (Lipinski definition) is 1. The second-order valence-electron chi connectivity index (χ2n) is 9.59. The molecule has 0 saturated carbocycles. The van der Waals surface area contributed by atoms with Gasteiger partial charge >= 0.3 is 0 Å². The Labute approximate surface area is 212 Å². The van der Waals surface area contributed by atoms with Gasteiger partial charge in [-0.25, -0.2) is 4.98 Å². The van der Waals surface area contributed by atoms with Gasteiger partial charge in [0.25, 0.3) is 0 Å². The summed E-state index contributed by atoms with van der Waals surface area (Å²) in [6, 6.07) is 15.5. The lowest BCUT2D eigenvalue weighted by molar-refractivity contribution is -0.133. The molecule has 0 spiro atoms. The van der Waals surface area contributed by atoms with Gasteiger partial charge in [0.1, 0.15) is 12.4 Å². The summed E-state index contributed by atoms with van der Waals surface area (Å²) in [4.78, 5) is 32.1. The average Bonchev–Trinajstić information content (AvgIpc) is 3.20. The van der Waals surface area contributed by atoms with Gasteiger partial charge in [-0.3, -0.25) is 9.59 Å². The number of nitrogens with one attached hydrogen (secondary N) is 1. The lowest BCUT2D eigenvalue weighted by Gasteiger charge is -2.30. The summed E-state index contributed by atoms with van der Waals surface area (Å²) in [5.74, 6) is 1.84. The quantitative estimate of drug-likeness (QED) is 0.402. The number of benzene rings is 2. The number of halogens is 1. The van der Waals surface area contributed by atoms with Gasteiger partial charge in [0.15, 0.2) is 0 Å². The number of amides is 2. The van der Waals surface area contributed by atoms with Crippen molar-refractivity contribution in [2.45, 2.75) is 58.4 Å². The van der Waals surface area contributed by atoms with Gasteiger partial charge in [-0.15, -0.1) is 0 Å². The average molecular weight is 495 g/mol. The molecule has 0 unspecified atom stereocenters. The van der Waals surface area contributed by atoms with Crippen molar-refractivity contribution in [3.8, 4) is 0 Å². The molecule has 1 N–H and O–H groups in total. The van der Waals surface area contributed by atoms with Crippen molar-refractivity contribution in [2.24, 2.45) is 5.92 Å². The SMILES string of the molecule is CC1CCN(C(=O)Cn2c(CCCCCNC(=O)Cc3ccccc3Cl)nc3ccccc32)CC1. The Morgan fingerprint density at radius 2 is 1.77 bits per heavy atom. The van der Waals surface area contributed by atoms with Crippen LogP contribution in [0.5, 0.6) is 0 Å². The fourth-order valence-corrected chi connectivity index (χ4v) is 4.88. The molecule has 2 heterocycles. The zero-order chi connectivity index (χ0) is 24.6. The molecule has 0 atom stereocenters. The van der Waals surface area contributed by atoms with E-state index in [1.54, 1.807) is 6.07 Å². The molecule has 6 nitrogen and oxygen atoms in total. The smallest absolute Gasteiger partial charge is 0.242 e. The summed E-state index contributed by atoms with van der Waals surface area (Å²) >= 11 is 6.14. The molecule has 4 rings (SSSR count). The van der Waals surface area contributed by atoms with Gasteiger partial charge in [0.05, 0.1) is 17.5 Å². The van der Waals surface area contributed by atoms with Crippen LogP contribution in [-0.4, -0.2) is 45.9 Å². The van der Waals surface area contributed by atoms with Gasteiger partial charge in [0.2, 0.25) is 11.8 Å². The first kappa shape index (κ1) is 25.2. The van der Waals surface area contributed by atoms with Crippen LogP contribution in [0.2, 0.25) is 5.02 Å². The molecule has 2 amide bonds. The number of carbonyl (C=O) groups is 2. The molecular formula is C28H35ClN4O2. The number of imidazole rings is 1. The minimum absolute atomic E-state index is 0.00879. The fourth-order valence-electron chi connectivity index (χ4n) is 4.68. The zero-order valence-electron chi connectivity index (χ0n) is 20.5. The van der Waals surface area contributed by atoms with Gasteiger partial charge < -0.3 is 14.8 Å². The third-order valence-electron chi connectivity index (χ3n) is 6.87. The second kappa shape index (κ2) is 12.2. The molecule has 1 fully saturated rings. The van der Waals surface area contributed by atoms with Crippen LogP contribution in [-0.2, 0) is 29.0 Å². The van der Waals surface area contributed by atoms with Crippen molar-refractivity contribution in [1.29, 1.82) is 0 Å². The number of piperidine rings is 1. The maximum atomic E-state index is 13.0. The minimum Gasteiger partial charge on any atom is -0.356 e. The van der Waals surface area contributed by atoms with Crippen molar-refractivity contribution >= 4 is 34.4 Å². The summed E-state index contributed by atoms with van der Waals surface area (Å²) < 4.78 is 2.10. The highest BCUT2D eigenvalue weighted by molar-refractivity contribution is 6.31. The topological polar surface area (TPSA) is 67.2 Å². The van der Waals surface area contributed by atoms with Crippen molar-refractivity contribution < 1.29 is 9.59 Å². The summed E-state index contributed by atoms with van der Waals surface area (Å²) in [6.07, 6.45) is 6.11. The molecule has 0 aliphatic carbocycles. The molecule has 1 saturated heterocycles. The van der Waals surface area contributed by atoms with Crippen molar-refractivity contribution in [3.63, 3.8) is 0 Å². The maximum Gasteiger partial charge on any atom is 0.242 e. The van der Waals surface area contributed by atoms with Crippen LogP contribution in [0, 0.1) is 5.92 Å². The first-order valence-electron chi connectivity index (χ1n) is 12.7. The Morgan fingerprint density at radius 1 is 1.03 bits per heavy atom. The van der Waals surface area contributed by atoms with E-state index in [0.717, 1.165) is 74.0 Å². The number of nitrogens with zero attached hydrogens (tertiary/aromatic N) is 3. The van der Waals surface area contributed by atoms with Gasteiger partial charge in [-0.2, -0.15) is 0 Å². The zero-order valence-corrected chi connectivity index (χ0v) is 21.3. The summed E-state index contributed by atoms with van der Waals surface area (Å²) in [5.41, 5.74) is 2.81. The fraction of sp³-hybridized carbons (Fsp3) is 0.464. The number of rotatable bonds is 10. The van der Waals surface area contributed by atoms with E-state index in [0.29, 0.717) is 30.5 Å². The number of hydrogen-bond acceptors (Lipinski definition) is 3. The number of aryl methyl sites for hydroxylation is 1. The van der Waals surface area contributed by atoms with E-state index in [-0.39, 0.29) is 11.8 Å². The highest BCUT2D eigenvalue weighted by atomic mass is 35.5. The van der Waals surface area contributed by atoms with E-state index in [4.69, 9.17) is 16.6 Å².